The number of benzene rings is 1. The summed E-state index contributed by atoms with van der Waals surface area (Å²) < 4.78 is 50.5. The van der Waals surface area contributed by atoms with Crippen LogP contribution in [0, 0.1) is 6.92 Å². The van der Waals surface area contributed by atoms with Gasteiger partial charge in [-0.05, 0) is 61.7 Å². The Balaban J connectivity index is 2.37. The molecule has 1 fully saturated rings. The highest BCUT2D eigenvalue weighted by Gasteiger charge is 2.53. The standard InChI is InChI=1S/C32H61NO5SSi2/c1-13-14-15-16-17-18-19-28-30(37-28)29(38-41(11,12)32(6,7)8)27(24-36-40(9,10)31(3,4)5)33-39(34,35)26-22-20-25(2)21-23-26/h20-23,27-30,33H,13-19,24H2,1-12H3/t27-,28-,29-,30+/m0/s1. The molecule has 1 aliphatic rings. The molecule has 238 valence electrons. The number of hydrogen-bond acceptors (Lipinski definition) is 5. The topological polar surface area (TPSA) is 77.2 Å². The summed E-state index contributed by atoms with van der Waals surface area (Å²) in [6, 6.07) is 6.44. The van der Waals surface area contributed by atoms with E-state index in [1.54, 1.807) is 12.1 Å². The average Bonchev–Trinajstić information content (AvgIpc) is 3.60. The summed E-state index contributed by atoms with van der Waals surface area (Å²) in [5, 5.41) is -0.0326. The zero-order chi connectivity index (χ0) is 31.3. The van der Waals surface area contributed by atoms with Crippen LogP contribution in [0.3, 0.4) is 0 Å². The molecular formula is C32H61NO5SSi2. The summed E-state index contributed by atoms with van der Waals surface area (Å²) in [6.45, 7) is 26.6. The van der Waals surface area contributed by atoms with Crippen molar-refractivity contribution in [2.75, 3.05) is 6.61 Å². The highest BCUT2D eigenvalue weighted by Crippen LogP contribution is 2.42. The lowest BCUT2D eigenvalue weighted by atomic mass is 10.0. The molecule has 0 aliphatic carbocycles. The number of rotatable bonds is 17. The Hall–Kier alpha value is -0.556. The van der Waals surface area contributed by atoms with E-state index in [-0.39, 0.29) is 33.8 Å². The van der Waals surface area contributed by atoms with Crippen LogP contribution < -0.4 is 4.72 Å². The van der Waals surface area contributed by atoms with Gasteiger partial charge in [-0.1, -0.05) is 105 Å². The van der Waals surface area contributed by atoms with E-state index in [0.717, 1.165) is 18.4 Å². The molecule has 0 unspecified atom stereocenters. The molecule has 6 nitrogen and oxygen atoms in total. The van der Waals surface area contributed by atoms with Gasteiger partial charge >= 0.3 is 0 Å². The summed E-state index contributed by atoms with van der Waals surface area (Å²) in [7, 11) is -8.23. The maximum absolute atomic E-state index is 13.7. The number of hydrogen-bond donors (Lipinski definition) is 1. The molecule has 4 atom stereocenters. The smallest absolute Gasteiger partial charge is 0.240 e. The Morgan fingerprint density at radius 3 is 1.95 bits per heavy atom. The van der Waals surface area contributed by atoms with Crippen LogP contribution in [0.4, 0.5) is 0 Å². The Morgan fingerprint density at radius 1 is 0.878 bits per heavy atom. The van der Waals surface area contributed by atoms with Crippen LogP contribution in [-0.4, -0.2) is 56.0 Å². The molecule has 1 aliphatic heterocycles. The van der Waals surface area contributed by atoms with Crippen LogP contribution >= 0.6 is 0 Å². The van der Waals surface area contributed by atoms with Gasteiger partial charge in [0.2, 0.25) is 10.0 Å². The van der Waals surface area contributed by atoms with E-state index >= 15 is 0 Å². The Kier molecular flexibility index (Phi) is 12.9. The van der Waals surface area contributed by atoms with Gasteiger partial charge < -0.3 is 13.6 Å². The van der Waals surface area contributed by atoms with Crippen molar-refractivity contribution in [1.29, 1.82) is 0 Å². The molecule has 2 rings (SSSR count). The van der Waals surface area contributed by atoms with Crippen LogP contribution in [0.5, 0.6) is 0 Å². The fraction of sp³-hybridized carbons (Fsp3) is 0.812. The Bertz CT molecular complexity index is 1050. The van der Waals surface area contributed by atoms with Crippen LogP contribution in [0.1, 0.15) is 99.0 Å². The zero-order valence-corrected chi connectivity index (χ0v) is 31.0. The van der Waals surface area contributed by atoms with Gasteiger partial charge in [0.05, 0.1) is 29.8 Å². The van der Waals surface area contributed by atoms with Gasteiger partial charge in [0.1, 0.15) is 6.10 Å². The molecular weight excluding hydrogens is 567 g/mol. The minimum Gasteiger partial charge on any atom is -0.415 e. The average molecular weight is 628 g/mol. The van der Waals surface area contributed by atoms with Gasteiger partial charge in [-0.15, -0.1) is 0 Å². The first-order valence-electron chi connectivity index (χ1n) is 15.8. The van der Waals surface area contributed by atoms with Gasteiger partial charge in [0.25, 0.3) is 0 Å². The second-order valence-electron chi connectivity index (χ2n) is 15.2. The summed E-state index contributed by atoms with van der Waals surface area (Å²) >= 11 is 0. The minimum absolute atomic E-state index is 0.000438. The van der Waals surface area contributed by atoms with Crippen LogP contribution in [0.15, 0.2) is 29.2 Å². The largest absolute Gasteiger partial charge is 0.415 e. The van der Waals surface area contributed by atoms with E-state index in [1.165, 1.54) is 32.1 Å². The van der Waals surface area contributed by atoms with E-state index in [9.17, 15) is 8.42 Å². The minimum atomic E-state index is -3.80. The van der Waals surface area contributed by atoms with Crippen molar-refractivity contribution in [2.24, 2.45) is 0 Å². The van der Waals surface area contributed by atoms with Gasteiger partial charge in [-0.25, -0.2) is 13.1 Å². The summed E-state index contributed by atoms with van der Waals surface area (Å²) in [5.41, 5.74) is 1.02. The van der Waals surface area contributed by atoms with E-state index < -0.39 is 38.8 Å². The first-order chi connectivity index (χ1) is 18.7. The maximum Gasteiger partial charge on any atom is 0.240 e. The van der Waals surface area contributed by atoms with Crippen molar-refractivity contribution in [3.05, 3.63) is 29.8 Å². The maximum atomic E-state index is 13.7. The normalized spacial score (nSPS) is 20.2. The van der Waals surface area contributed by atoms with E-state index in [2.05, 4.69) is 79.4 Å². The monoisotopic (exact) mass is 627 g/mol. The molecule has 1 heterocycles. The summed E-state index contributed by atoms with van der Waals surface area (Å²) in [6.07, 6.45) is 7.92. The van der Waals surface area contributed by atoms with Crippen molar-refractivity contribution in [1.82, 2.24) is 4.72 Å². The fourth-order valence-electron chi connectivity index (χ4n) is 4.39. The molecule has 1 saturated heterocycles. The van der Waals surface area contributed by atoms with Crippen molar-refractivity contribution in [3.63, 3.8) is 0 Å². The summed E-state index contributed by atoms with van der Waals surface area (Å²) in [5.74, 6) is 0. The molecule has 0 amide bonds. The number of unbranched alkanes of at least 4 members (excludes halogenated alkanes) is 5. The molecule has 1 N–H and O–H groups in total. The highest BCUT2D eigenvalue weighted by molar-refractivity contribution is 7.89. The summed E-state index contributed by atoms with van der Waals surface area (Å²) in [4.78, 5) is 0.256. The molecule has 0 aromatic heterocycles. The van der Waals surface area contributed by atoms with E-state index in [1.807, 2.05) is 19.1 Å². The van der Waals surface area contributed by atoms with Crippen LogP contribution in [-0.2, 0) is 23.6 Å². The predicted octanol–water partition coefficient (Wildman–Crippen LogP) is 8.57. The van der Waals surface area contributed by atoms with Crippen LogP contribution in [0.25, 0.3) is 0 Å². The number of epoxide rings is 1. The van der Waals surface area contributed by atoms with Crippen molar-refractivity contribution in [3.8, 4) is 0 Å². The molecule has 0 saturated carbocycles. The van der Waals surface area contributed by atoms with Gasteiger partial charge in [-0.3, -0.25) is 0 Å². The second kappa shape index (κ2) is 14.5. The molecule has 1 aromatic carbocycles. The quantitative estimate of drug-likeness (QED) is 0.106. The van der Waals surface area contributed by atoms with Gasteiger partial charge in [0.15, 0.2) is 16.6 Å². The zero-order valence-electron chi connectivity index (χ0n) is 28.2. The van der Waals surface area contributed by atoms with E-state index in [0.29, 0.717) is 0 Å². The molecule has 0 spiro atoms. The Labute approximate surface area is 255 Å². The number of ether oxygens (including phenoxy) is 1. The first kappa shape index (κ1) is 36.6. The Morgan fingerprint density at radius 2 is 1.41 bits per heavy atom. The molecule has 9 heteroatoms. The van der Waals surface area contributed by atoms with Crippen molar-refractivity contribution < 1.29 is 22.0 Å². The van der Waals surface area contributed by atoms with Gasteiger partial charge in [-0.2, -0.15) is 0 Å². The molecule has 41 heavy (non-hydrogen) atoms. The predicted molar refractivity (Wildman–Crippen MR) is 177 cm³/mol. The number of aryl methyl sites for hydroxylation is 1. The van der Waals surface area contributed by atoms with E-state index in [4.69, 9.17) is 13.6 Å². The first-order valence-corrected chi connectivity index (χ1v) is 23.1. The van der Waals surface area contributed by atoms with Crippen LogP contribution in [0.2, 0.25) is 36.3 Å². The number of sulfonamides is 1. The molecule has 0 radical (unpaired) electrons. The number of nitrogens with one attached hydrogen (secondary N) is 1. The third-order valence-corrected chi connectivity index (χ3v) is 20.0. The molecule has 1 aromatic rings. The lowest BCUT2D eigenvalue weighted by Crippen LogP contribution is -2.57. The SMILES string of the molecule is CCCCCCCC[C@@H]1O[C@H]1[C@@H](O[Si](C)(C)C(C)(C)C)[C@H](CO[Si](C)(C)C(C)(C)C)NS(=O)(=O)c1ccc(C)cc1. The van der Waals surface area contributed by atoms with Crippen molar-refractivity contribution >= 4 is 26.7 Å². The highest BCUT2D eigenvalue weighted by atomic mass is 32.2. The molecule has 0 bridgehead atoms. The third-order valence-electron chi connectivity index (χ3n) is 9.49. The van der Waals surface area contributed by atoms with Gasteiger partial charge in [0, 0.05) is 0 Å². The third kappa shape index (κ3) is 10.8. The second-order valence-corrected chi connectivity index (χ2v) is 26.4. The van der Waals surface area contributed by atoms with Crippen molar-refractivity contribution in [2.45, 2.75) is 166 Å². The fourth-order valence-corrected chi connectivity index (χ4v) is 7.99. The lowest BCUT2D eigenvalue weighted by Gasteiger charge is -2.42. The lowest BCUT2D eigenvalue weighted by molar-refractivity contribution is 0.0857.